The molecule has 1 aromatic rings. The van der Waals surface area contributed by atoms with Gasteiger partial charge in [-0.2, -0.15) is 0 Å². The molecule has 1 aliphatic carbocycles. The summed E-state index contributed by atoms with van der Waals surface area (Å²) >= 11 is 5.89. The van der Waals surface area contributed by atoms with Gasteiger partial charge in [0.25, 0.3) is 0 Å². The maximum Gasteiger partial charge on any atom is 0.0505 e. The summed E-state index contributed by atoms with van der Waals surface area (Å²) in [7, 11) is 1.95. The highest BCUT2D eigenvalue weighted by Crippen LogP contribution is 2.49. The minimum absolute atomic E-state index is 0.0303. The lowest BCUT2D eigenvalue weighted by atomic mass is 9.63. The Kier molecular flexibility index (Phi) is 3.53. The third kappa shape index (κ3) is 1.97. The van der Waals surface area contributed by atoms with Gasteiger partial charge in [-0.15, -0.1) is 0 Å². The summed E-state index contributed by atoms with van der Waals surface area (Å²) in [6, 6.07) is 8.12. The molecule has 0 saturated heterocycles. The van der Waals surface area contributed by atoms with E-state index in [1.165, 1.54) is 12.0 Å². The van der Waals surface area contributed by atoms with Crippen LogP contribution in [0, 0.1) is 5.41 Å². The van der Waals surface area contributed by atoms with Crippen molar-refractivity contribution in [3.05, 3.63) is 34.9 Å². The van der Waals surface area contributed by atoms with E-state index < -0.39 is 0 Å². The molecule has 2 N–H and O–H groups in total. The molecule has 1 atom stereocenters. The van der Waals surface area contributed by atoms with Crippen molar-refractivity contribution >= 4 is 11.6 Å². The molecule has 1 fully saturated rings. The SMILES string of the molecule is CNC(c1ccc(Cl)cc1)C1(CO)CCC1. The number of benzene rings is 1. The van der Waals surface area contributed by atoms with Gasteiger partial charge in [0, 0.05) is 16.5 Å². The van der Waals surface area contributed by atoms with Crippen LogP contribution in [0.25, 0.3) is 0 Å². The second-order valence-corrected chi connectivity index (χ2v) is 5.08. The Morgan fingerprint density at radius 3 is 2.38 bits per heavy atom. The van der Waals surface area contributed by atoms with Crippen molar-refractivity contribution in [2.45, 2.75) is 25.3 Å². The first-order valence-corrected chi connectivity index (χ1v) is 6.13. The Labute approximate surface area is 102 Å². The predicted octanol–water partition coefficient (Wildman–Crippen LogP) is 2.76. The number of nitrogens with one attached hydrogen (secondary N) is 1. The van der Waals surface area contributed by atoms with E-state index in [4.69, 9.17) is 11.6 Å². The highest BCUT2D eigenvalue weighted by atomic mass is 35.5. The van der Waals surface area contributed by atoms with E-state index >= 15 is 0 Å². The first-order valence-electron chi connectivity index (χ1n) is 5.75. The van der Waals surface area contributed by atoms with E-state index in [9.17, 15) is 5.11 Å². The van der Waals surface area contributed by atoms with Crippen molar-refractivity contribution < 1.29 is 5.11 Å². The van der Waals surface area contributed by atoms with Gasteiger partial charge in [-0.05, 0) is 37.6 Å². The fourth-order valence-corrected chi connectivity index (χ4v) is 2.78. The van der Waals surface area contributed by atoms with Crippen molar-refractivity contribution in [1.29, 1.82) is 0 Å². The van der Waals surface area contributed by atoms with Gasteiger partial charge in [-0.1, -0.05) is 30.2 Å². The Morgan fingerprint density at radius 1 is 1.38 bits per heavy atom. The van der Waals surface area contributed by atoms with Crippen LogP contribution in [0.1, 0.15) is 30.9 Å². The summed E-state index contributed by atoms with van der Waals surface area (Å²) in [5.74, 6) is 0. The van der Waals surface area contributed by atoms with Gasteiger partial charge in [0.1, 0.15) is 0 Å². The molecule has 0 spiro atoms. The van der Waals surface area contributed by atoms with Gasteiger partial charge in [0.05, 0.1) is 6.61 Å². The molecule has 0 aromatic heterocycles. The maximum absolute atomic E-state index is 9.59. The average molecular weight is 240 g/mol. The summed E-state index contributed by atoms with van der Waals surface area (Å²) in [5, 5.41) is 13.7. The molecule has 1 saturated carbocycles. The molecule has 1 unspecified atom stereocenters. The molecular weight excluding hydrogens is 222 g/mol. The number of aliphatic hydroxyl groups is 1. The molecule has 1 aromatic carbocycles. The topological polar surface area (TPSA) is 32.3 Å². The van der Waals surface area contributed by atoms with Gasteiger partial charge in [-0.25, -0.2) is 0 Å². The lowest BCUT2D eigenvalue weighted by molar-refractivity contribution is 0.00783. The van der Waals surface area contributed by atoms with Crippen LogP contribution in [0.15, 0.2) is 24.3 Å². The van der Waals surface area contributed by atoms with Crippen molar-refractivity contribution in [2.75, 3.05) is 13.7 Å². The first-order chi connectivity index (χ1) is 7.72. The number of rotatable bonds is 4. The van der Waals surface area contributed by atoms with Crippen LogP contribution in [0.2, 0.25) is 5.02 Å². The minimum Gasteiger partial charge on any atom is -0.396 e. The molecule has 88 valence electrons. The summed E-state index contributed by atoms with van der Waals surface area (Å²) in [6.45, 7) is 0.251. The molecule has 3 heteroatoms. The predicted molar refractivity (Wildman–Crippen MR) is 66.6 cm³/mol. The van der Waals surface area contributed by atoms with E-state index in [-0.39, 0.29) is 18.1 Å². The van der Waals surface area contributed by atoms with Crippen LogP contribution >= 0.6 is 11.6 Å². The second kappa shape index (κ2) is 4.74. The zero-order chi connectivity index (χ0) is 11.6. The van der Waals surface area contributed by atoms with Crippen LogP contribution in [0.3, 0.4) is 0 Å². The number of halogens is 1. The maximum atomic E-state index is 9.59. The number of hydrogen-bond donors (Lipinski definition) is 2. The average Bonchev–Trinajstić information content (AvgIpc) is 2.25. The molecule has 16 heavy (non-hydrogen) atoms. The third-order valence-corrected chi connectivity index (χ3v) is 4.02. The van der Waals surface area contributed by atoms with Crippen molar-refractivity contribution in [1.82, 2.24) is 5.32 Å². The Bertz CT molecular complexity index is 340. The molecule has 2 rings (SSSR count). The molecule has 0 heterocycles. The summed E-state index contributed by atoms with van der Waals surface area (Å²) in [5.41, 5.74) is 1.24. The van der Waals surface area contributed by atoms with Crippen LogP contribution in [0.4, 0.5) is 0 Å². The van der Waals surface area contributed by atoms with Gasteiger partial charge in [0.2, 0.25) is 0 Å². The lowest BCUT2D eigenvalue weighted by Gasteiger charge is -2.46. The van der Waals surface area contributed by atoms with Crippen LogP contribution in [0.5, 0.6) is 0 Å². The lowest BCUT2D eigenvalue weighted by Crippen LogP contribution is -2.44. The Morgan fingerprint density at radius 2 is 2.00 bits per heavy atom. The summed E-state index contributed by atoms with van der Waals surface area (Å²) in [6.07, 6.45) is 3.40. The fraction of sp³-hybridized carbons (Fsp3) is 0.538. The molecule has 0 radical (unpaired) electrons. The normalized spacial score (nSPS) is 20.2. The Hall–Kier alpha value is -0.570. The first kappa shape index (κ1) is 11.9. The standard InChI is InChI=1S/C13H18ClNO/c1-15-12(13(9-16)7-2-8-13)10-3-5-11(14)6-4-10/h3-6,12,15-16H,2,7-9H2,1H3. The Balaban J connectivity index is 2.25. The number of hydrogen-bond acceptors (Lipinski definition) is 2. The smallest absolute Gasteiger partial charge is 0.0505 e. The molecule has 1 aliphatic rings. The van der Waals surface area contributed by atoms with Gasteiger partial charge in [-0.3, -0.25) is 0 Å². The van der Waals surface area contributed by atoms with E-state index in [2.05, 4.69) is 5.32 Å². The van der Waals surface area contributed by atoms with Gasteiger partial charge < -0.3 is 10.4 Å². The molecule has 2 nitrogen and oxygen atoms in total. The van der Waals surface area contributed by atoms with Crippen molar-refractivity contribution in [3.63, 3.8) is 0 Å². The molecule has 0 bridgehead atoms. The highest BCUT2D eigenvalue weighted by Gasteiger charge is 2.43. The fourth-order valence-electron chi connectivity index (χ4n) is 2.65. The monoisotopic (exact) mass is 239 g/mol. The molecule has 0 aliphatic heterocycles. The summed E-state index contributed by atoms with van der Waals surface area (Å²) < 4.78 is 0. The van der Waals surface area contributed by atoms with E-state index in [0.29, 0.717) is 0 Å². The van der Waals surface area contributed by atoms with Gasteiger partial charge >= 0.3 is 0 Å². The van der Waals surface area contributed by atoms with E-state index in [1.54, 1.807) is 0 Å². The molecular formula is C13H18ClNO. The van der Waals surface area contributed by atoms with Crippen LogP contribution < -0.4 is 5.32 Å². The largest absolute Gasteiger partial charge is 0.396 e. The minimum atomic E-state index is 0.0303. The third-order valence-electron chi connectivity index (χ3n) is 3.77. The van der Waals surface area contributed by atoms with Crippen LogP contribution in [-0.2, 0) is 0 Å². The molecule has 0 amide bonds. The summed E-state index contributed by atoms with van der Waals surface area (Å²) in [4.78, 5) is 0. The highest BCUT2D eigenvalue weighted by molar-refractivity contribution is 6.30. The number of aliphatic hydroxyl groups excluding tert-OH is 1. The van der Waals surface area contributed by atoms with Gasteiger partial charge in [0.15, 0.2) is 0 Å². The van der Waals surface area contributed by atoms with Crippen molar-refractivity contribution in [3.8, 4) is 0 Å². The quantitative estimate of drug-likeness (QED) is 0.847. The van der Waals surface area contributed by atoms with Crippen LogP contribution in [-0.4, -0.2) is 18.8 Å². The zero-order valence-electron chi connectivity index (χ0n) is 9.54. The van der Waals surface area contributed by atoms with Crippen molar-refractivity contribution in [2.24, 2.45) is 5.41 Å². The van der Waals surface area contributed by atoms with E-state index in [1.807, 2.05) is 31.3 Å². The zero-order valence-corrected chi connectivity index (χ0v) is 10.3. The van der Waals surface area contributed by atoms with E-state index in [0.717, 1.165) is 17.9 Å². The second-order valence-electron chi connectivity index (χ2n) is 4.65.